The average Bonchev–Trinajstić information content (AvgIpc) is 3.05. The third-order valence-corrected chi connectivity index (χ3v) is 10.6. The number of carbonyl (C=O) groups excluding carboxylic acids is 1. The lowest BCUT2D eigenvalue weighted by atomic mass is 9.93. The minimum absolute atomic E-state index is 0.0668. The summed E-state index contributed by atoms with van der Waals surface area (Å²) in [4.78, 5) is 37.8. The first kappa shape index (κ1) is 36.4. The molecule has 15 heteroatoms. The van der Waals surface area contributed by atoms with Crippen molar-refractivity contribution in [1.82, 2.24) is 14.9 Å². The Morgan fingerprint density at radius 2 is 1.71 bits per heavy atom. The molecule has 0 unspecified atom stereocenters. The third kappa shape index (κ3) is 9.00. The number of ether oxygens (including phenoxy) is 2. The largest absolute Gasteiger partial charge is 0.494 e. The molecule has 0 amide bonds. The fraction of sp³-hybridized carbons (Fsp3) is 0.500. The Morgan fingerprint density at radius 1 is 1.04 bits per heavy atom. The quantitative estimate of drug-likeness (QED) is 0.0983. The molecule has 2 N–H and O–H groups in total. The summed E-state index contributed by atoms with van der Waals surface area (Å²) in [6, 6.07) is 10.7. The molecule has 3 heterocycles. The zero-order valence-corrected chi connectivity index (χ0v) is 30.5. The standard InChI is InChI=1S/C34H45ClN7O6P/c1-34(2,3)48-32(43)22-11-15-40(16-12-22)23-13-17-41(18-14-23)27-20-29(47-4)26(19-28(27)42(44)45)38-33-36-21-24(35)31(39-33)37-25-9-7-8-10-30(25)49(5,6)46/h7-10,19-23H,11-18H2,1-6H3,(H2,36,37,38,39). The summed E-state index contributed by atoms with van der Waals surface area (Å²) in [6.07, 6.45) is 4.65. The molecule has 0 spiro atoms. The predicted molar refractivity (Wildman–Crippen MR) is 194 cm³/mol. The van der Waals surface area contributed by atoms with Crippen LogP contribution in [0.5, 0.6) is 5.75 Å². The van der Waals surface area contributed by atoms with E-state index in [1.807, 2.05) is 37.8 Å². The van der Waals surface area contributed by atoms with E-state index in [0.29, 0.717) is 47.2 Å². The van der Waals surface area contributed by atoms with Crippen LogP contribution in [0, 0.1) is 16.0 Å². The van der Waals surface area contributed by atoms with Crippen molar-refractivity contribution in [3.8, 4) is 5.75 Å². The lowest BCUT2D eigenvalue weighted by Crippen LogP contribution is -2.48. The first-order valence-electron chi connectivity index (χ1n) is 16.4. The van der Waals surface area contributed by atoms with Gasteiger partial charge in [-0.2, -0.15) is 4.98 Å². The van der Waals surface area contributed by atoms with E-state index in [0.717, 1.165) is 38.8 Å². The molecule has 3 aromatic rings. The summed E-state index contributed by atoms with van der Waals surface area (Å²) >= 11 is 6.42. The maximum Gasteiger partial charge on any atom is 0.309 e. The van der Waals surface area contributed by atoms with Gasteiger partial charge < -0.3 is 34.5 Å². The molecule has 2 aliphatic heterocycles. The highest BCUT2D eigenvalue weighted by molar-refractivity contribution is 7.70. The van der Waals surface area contributed by atoms with Crippen LogP contribution < -0.4 is 25.6 Å². The molecule has 2 aromatic carbocycles. The minimum atomic E-state index is -2.61. The van der Waals surface area contributed by atoms with Gasteiger partial charge in [-0.05, 0) is 85.0 Å². The summed E-state index contributed by atoms with van der Waals surface area (Å²) < 4.78 is 24.1. The molecule has 49 heavy (non-hydrogen) atoms. The van der Waals surface area contributed by atoms with Crippen LogP contribution in [0.2, 0.25) is 5.02 Å². The molecule has 0 radical (unpaired) electrons. The second kappa shape index (κ2) is 14.9. The highest BCUT2D eigenvalue weighted by Crippen LogP contribution is 2.42. The monoisotopic (exact) mass is 713 g/mol. The molecule has 0 atom stereocenters. The number of anilines is 5. The molecule has 13 nitrogen and oxygen atoms in total. The second-order valence-electron chi connectivity index (χ2n) is 13.9. The molecular weight excluding hydrogens is 669 g/mol. The summed E-state index contributed by atoms with van der Waals surface area (Å²) in [5.74, 6) is 0.614. The number of para-hydroxylation sites is 1. The van der Waals surface area contributed by atoms with E-state index in [9.17, 15) is 19.5 Å². The van der Waals surface area contributed by atoms with Crippen LogP contribution in [0.4, 0.5) is 34.5 Å². The fourth-order valence-electron chi connectivity index (χ4n) is 6.39. The molecule has 2 saturated heterocycles. The highest BCUT2D eigenvalue weighted by atomic mass is 35.5. The SMILES string of the molecule is COc1cc(N2CCC(N3CCC(C(=O)OC(C)(C)C)CC3)CC2)c([N+](=O)[O-])cc1Nc1ncc(Cl)c(Nc2ccccc2P(C)(C)=O)n1. The van der Waals surface area contributed by atoms with Gasteiger partial charge in [0.2, 0.25) is 5.95 Å². The van der Waals surface area contributed by atoms with E-state index in [1.54, 1.807) is 31.5 Å². The van der Waals surface area contributed by atoms with Gasteiger partial charge >= 0.3 is 5.97 Å². The van der Waals surface area contributed by atoms with Crippen LogP contribution in [-0.2, 0) is 14.1 Å². The smallest absolute Gasteiger partial charge is 0.309 e. The summed E-state index contributed by atoms with van der Waals surface area (Å²) in [5, 5.41) is 19.5. The van der Waals surface area contributed by atoms with Crippen molar-refractivity contribution < 1.29 is 23.8 Å². The van der Waals surface area contributed by atoms with Gasteiger partial charge in [-0.15, -0.1) is 0 Å². The Labute approximate surface area is 292 Å². The number of piperidine rings is 2. The van der Waals surface area contributed by atoms with Crippen LogP contribution in [0.15, 0.2) is 42.6 Å². The zero-order chi connectivity index (χ0) is 35.5. The van der Waals surface area contributed by atoms with Crippen molar-refractivity contribution >= 4 is 64.5 Å². The Bertz CT molecular complexity index is 1730. The van der Waals surface area contributed by atoms with Gasteiger partial charge in [0.05, 0.1) is 35.5 Å². The predicted octanol–water partition coefficient (Wildman–Crippen LogP) is 6.80. The number of likely N-dealkylation sites (tertiary alicyclic amines) is 1. The second-order valence-corrected chi connectivity index (χ2v) is 17.5. The first-order chi connectivity index (χ1) is 23.1. The lowest BCUT2D eigenvalue weighted by Gasteiger charge is -2.42. The first-order valence-corrected chi connectivity index (χ1v) is 19.4. The van der Waals surface area contributed by atoms with Crippen LogP contribution in [0.25, 0.3) is 0 Å². The van der Waals surface area contributed by atoms with Crippen molar-refractivity contribution in [3.05, 3.63) is 57.7 Å². The van der Waals surface area contributed by atoms with Gasteiger partial charge in [0.15, 0.2) is 5.82 Å². The Kier molecular flexibility index (Phi) is 11.1. The number of methoxy groups -OCH3 is 1. The van der Waals surface area contributed by atoms with E-state index < -0.39 is 17.7 Å². The molecule has 2 fully saturated rings. The summed E-state index contributed by atoms with van der Waals surface area (Å²) in [6.45, 7) is 12.0. The highest BCUT2D eigenvalue weighted by Gasteiger charge is 2.34. The normalized spacial score (nSPS) is 16.7. The number of nitrogens with one attached hydrogen (secondary N) is 2. The number of hydrogen-bond acceptors (Lipinski definition) is 12. The number of carbonyl (C=O) groups is 1. The van der Waals surface area contributed by atoms with Gasteiger partial charge in [-0.1, -0.05) is 23.7 Å². The van der Waals surface area contributed by atoms with E-state index in [-0.39, 0.29) is 34.4 Å². The number of hydrogen-bond donors (Lipinski definition) is 2. The van der Waals surface area contributed by atoms with Crippen molar-refractivity contribution in [2.24, 2.45) is 5.92 Å². The molecule has 2 aliphatic rings. The topological polar surface area (TPSA) is 152 Å². The molecule has 1 aromatic heterocycles. The number of halogens is 1. The third-order valence-electron chi connectivity index (χ3n) is 8.81. The van der Waals surface area contributed by atoms with Gasteiger partial charge in [-0.25, -0.2) is 4.98 Å². The van der Waals surface area contributed by atoms with Gasteiger partial charge in [0.25, 0.3) is 5.69 Å². The van der Waals surface area contributed by atoms with E-state index in [1.165, 1.54) is 19.4 Å². The van der Waals surface area contributed by atoms with E-state index in [4.69, 9.17) is 21.1 Å². The van der Waals surface area contributed by atoms with Gasteiger partial charge in [-0.3, -0.25) is 14.9 Å². The lowest BCUT2D eigenvalue weighted by molar-refractivity contribution is -0.384. The number of rotatable bonds is 10. The minimum Gasteiger partial charge on any atom is -0.494 e. The van der Waals surface area contributed by atoms with E-state index >= 15 is 0 Å². The maximum atomic E-state index is 12.9. The average molecular weight is 714 g/mol. The molecule has 264 valence electrons. The van der Waals surface area contributed by atoms with Crippen LogP contribution in [0.3, 0.4) is 0 Å². The number of nitrogens with zero attached hydrogens (tertiary/aromatic N) is 5. The summed E-state index contributed by atoms with van der Waals surface area (Å²) in [5.41, 5.74) is 0.850. The van der Waals surface area contributed by atoms with Crippen LogP contribution in [-0.4, -0.2) is 84.0 Å². The van der Waals surface area contributed by atoms with Gasteiger partial charge in [0.1, 0.15) is 29.2 Å². The number of nitro groups is 1. The summed E-state index contributed by atoms with van der Waals surface area (Å²) in [7, 11) is -1.10. The van der Waals surface area contributed by atoms with Crippen molar-refractivity contribution in [1.29, 1.82) is 0 Å². The maximum absolute atomic E-state index is 12.9. The van der Waals surface area contributed by atoms with E-state index in [2.05, 4.69) is 25.5 Å². The molecule has 0 bridgehead atoms. The Morgan fingerprint density at radius 3 is 2.33 bits per heavy atom. The van der Waals surface area contributed by atoms with Crippen LogP contribution >= 0.6 is 18.7 Å². The van der Waals surface area contributed by atoms with Crippen molar-refractivity contribution in [2.75, 3.05) is 62.2 Å². The Hall–Kier alpha value is -3.93. The number of nitro benzene ring substituents is 1. The molecule has 0 saturated carbocycles. The van der Waals surface area contributed by atoms with Gasteiger partial charge in [0, 0.05) is 36.6 Å². The number of benzene rings is 2. The fourth-order valence-corrected chi connectivity index (χ4v) is 7.69. The van der Waals surface area contributed by atoms with Crippen LogP contribution in [0.1, 0.15) is 46.5 Å². The van der Waals surface area contributed by atoms with Crippen molar-refractivity contribution in [2.45, 2.75) is 58.1 Å². The van der Waals surface area contributed by atoms with Crippen molar-refractivity contribution in [3.63, 3.8) is 0 Å². The zero-order valence-electron chi connectivity index (χ0n) is 28.9. The molecular formula is C34H45ClN7O6P. The Balaban J connectivity index is 1.28. The molecule has 0 aliphatic carbocycles. The number of aromatic nitrogens is 2. The number of esters is 1. The molecule has 5 rings (SSSR count).